The molecule has 2 aromatic rings. The van der Waals surface area contributed by atoms with Crippen LogP contribution in [0, 0.1) is 6.92 Å². The summed E-state index contributed by atoms with van der Waals surface area (Å²) in [4.78, 5) is 0. The second kappa shape index (κ2) is 5.58. The number of fused-ring (bicyclic) bond motifs is 1. The standard InChI is InChI=1S/C17H17BrO2/c1-11-4-5-14(10-15(11)18)17(19)13-6-7-16-12(9-13)3-2-8-20-16/h4-7,9-10,17,19H,2-3,8H2,1H3. The van der Waals surface area contributed by atoms with Crippen molar-refractivity contribution >= 4 is 15.9 Å². The minimum atomic E-state index is -0.598. The van der Waals surface area contributed by atoms with Crippen molar-refractivity contribution in [3.63, 3.8) is 0 Å². The normalized spacial score (nSPS) is 15.3. The third kappa shape index (κ3) is 2.60. The smallest absolute Gasteiger partial charge is 0.122 e. The van der Waals surface area contributed by atoms with Crippen LogP contribution < -0.4 is 4.74 Å². The zero-order valence-electron chi connectivity index (χ0n) is 11.4. The number of aliphatic hydroxyl groups is 1. The molecule has 1 N–H and O–H groups in total. The van der Waals surface area contributed by atoms with E-state index in [2.05, 4.69) is 22.0 Å². The van der Waals surface area contributed by atoms with Crippen molar-refractivity contribution in [2.24, 2.45) is 0 Å². The van der Waals surface area contributed by atoms with E-state index in [9.17, 15) is 5.11 Å². The molecule has 104 valence electrons. The highest BCUT2D eigenvalue weighted by Crippen LogP contribution is 2.31. The van der Waals surface area contributed by atoms with E-state index in [4.69, 9.17) is 4.74 Å². The zero-order valence-corrected chi connectivity index (χ0v) is 13.0. The number of aryl methyl sites for hydroxylation is 2. The van der Waals surface area contributed by atoms with Gasteiger partial charge in [-0.15, -0.1) is 0 Å². The zero-order chi connectivity index (χ0) is 14.1. The van der Waals surface area contributed by atoms with Crippen LogP contribution in [0.15, 0.2) is 40.9 Å². The van der Waals surface area contributed by atoms with Crippen molar-refractivity contribution in [3.8, 4) is 5.75 Å². The number of hydrogen-bond acceptors (Lipinski definition) is 2. The van der Waals surface area contributed by atoms with Crippen LogP contribution in [-0.4, -0.2) is 11.7 Å². The monoisotopic (exact) mass is 332 g/mol. The van der Waals surface area contributed by atoms with Crippen LogP contribution in [0.25, 0.3) is 0 Å². The second-order valence-electron chi connectivity index (χ2n) is 5.23. The molecular formula is C17H17BrO2. The van der Waals surface area contributed by atoms with Crippen molar-refractivity contribution in [2.45, 2.75) is 25.9 Å². The van der Waals surface area contributed by atoms with E-state index < -0.39 is 6.10 Å². The Balaban J connectivity index is 1.93. The lowest BCUT2D eigenvalue weighted by molar-refractivity contribution is 0.219. The van der Waals surface area contributed by atoms with E-state index in [0.717, 1.165) is 40.8 Å². The highest BCUT2D eigenvalue weighted by atomic mass is 79.9. The van der Waals surface area contributed by atoms with Crippen molar-refractivity contribution in [3.05, 3.63) is 63.1 Å². The van der Waals surface area contributed by atoms with Gasteiger partial charge in [-0.25, -0.2) is 0 Å². The number of halogens is 1. The van der Waals surface area contributed by atoms with Gasteiger partial charge in [-0.2, -0.15) is 0 Å². The van der Waals surface area contributed by atoms with Crippen LogP contribution in [0.1, 0.15) is 34.8 Å². The summed E-state index contributed by atoms with van der Waals surface area (Å²) in [6.07, 6.45) is 1.47. The van der Waals surface area contributed by atoms with Crippen LogP contribution in [-0.2, 0) is 6.42 Å². The molecule has 0 spiro atoms. The molecule has 1 aliphatic rings. The average Bonchev–Trinajstić information content (AvgIpc) is 2.49. The van der Waals surface area contributed by atoms with Crippen molar-refractivity contribution in [1.29, 1.82) is 0 Å². The molecule has 1 atom stereocenters. The molecule has 0 saturated carbocycles. The van der Waals surface area contributed by atoms with Gasteiger partial charge in [-0.1, -0.05) is 34.1 Å². The first kappa shape index (κ1) is 13.7. The maximum absolute atomic E-state index is 10.5. The molecule has 0 saturated heterocycles. The molecular weight excluding hydrogens is 316 g/mol. The number of benzene rings is 2. The van der Waals surface area contributed by atoms with Gasteiger partial charge in [-0.3, -0.25) is 0 Å². The van der Waals surface area contributed by atoms with Crippen molar-refractivity contribution < 1.29 is 9.84 Å². The Kier molecular flexibility index (Phi) is 3.81. The Morgan fingerprint density at radius 2 is 1.90 bits per heavy atom. The maximum atomic E-state index is 10.5. The third-order valence-electron chi connectivity index (χ3n) is 3.76. The Bertz CT molecular complexity index is 637. The van der Waals surface area contributed by atoms with Gasteiger partial charge in [0.05, 0.1) is 6.61 Å². The molecule has 0 amide bonds. The molecule has 0 radical (unpaired) electrons. The summed E-state index contributed by atoms with van der Waals surface area (Å²) in [6, 6.07) is 12.0. The van der Waals surface area contributed by atoms with Gasteiger partial charge >= 0.3 is 0 Å². The van der Waals surface area contributed by atoms with Crippen LogP contribution in [0.5, 0.6) is 5.75 Å². The van der Waals surface area contributed by atoms with Crippen LogP contribution in [0.3, 0.4) is 0 Å². The van der Waals surface area contributed by atoms with E-state index in [-0.39, 0.29) is 0 Å². The summed E-state index contributed by atoms with van der Waals surface area (Å²) >= 11 is 3.52. The minimum Gasteiger partial charge on any atom is -0.493 e. The summed E-state index contributed by atoms with van der Waals surface area (Å²) in [5.41, 5.74) is 4.18. The number of ether oxygens (including phenoxy) is 1. The van der Waals surface area contributed by atoms with Crippen LogP contribution in [0.2, 0.25) is 0 Å². The van der Waals surface area contributed by atoms with E-state index in [1.54, 1.807) is 0 Å². The first-order chi connectivity index (χ1) is 9.65. The summed E-state index contributed by atoms with van der Waals surface area (Å²) in [5.74, 6) is 0.956. The predicted octanol–water partition coefficient (Wildman–Crippen LogP) is 4.16. The third-order valence-corrected chi connectivity index (χ3v) is 4.61. The molecule has 0 fully saturated rings. The van der Waals surface area contributed by atoms with E-state index in [1.165, 1.54) is 11.1 Å². The van der Waals surface area contributed by atoms with E-state index in [0.29, 0.717) is 0 Å². The van der Waals surface area contributed by atoms with Gasteiger partial charge in [0.1, 0.15) is 11.9 Å². The SMILES string of the molecule is Cc1ccc(C(O)c2ccc3c(c2)CCCO3)cc1Br. The molecule has 20 heavy (non-hydrogen) atoms. The second-order valence-corrected chi connectivity index (χ2v) is 6.08. The van der Waals surface area contributed by atoms with Gasteiger partial charge in [-0.05, 0) is 60.2 Å². The van der Waals surface area contributed by atoms with Crippen molar-refractivity contribution in [2.75, 3.05) is 6.61 Å². The number of rotatable bonds is 2. The number of aliphatic hydroxyl groups excluding tert-OH is 1. The molecule has 0 aliphatic carbocycles. The molecule has 1 unspecified atom stereocenters. The molecule has 2 nitrogen and oxygen atoms in total. The lowest BCUT2D eigenvalue weighted by Crippen LogP contribution is -2.09. The predicted molar refractivity (Wildman–Crippen MR) is 83.2 cm³/mol. The first-order valence-corrected chi connectivity index (χ1v) is 7.64. The lowest BCUT2D eigenvalue weighted by atomic mass is 9.96. The molecule has 3 heteroatoms. The first-order valence-electron chi connectivity index (χ1n) is 6.85. The maximum Gasteiger partial charge on any atom is 0.122 e. The average molecular weight is 333 g/mol. The Morgan fingerprint density at radius 3 is 2.70 bits per heavy atom. The van der Waals surface area contributed by atoms with Gasteiger partial charge in [0, 0.05) is 4.47 Å². The fourth-order valence-corrected chi connectivity index (χ4v) is 2.92. The number of hydrogen-bond donors (Lipinski definition) is 1. The topological polar surface area (TPSA) is 29.5 Å². The van der Waals surface area contributed by atoms with E-state index >= 15 is 0 Å². The summed E-state index contributed by atoms with van der Waals surface area (Å²) in [7, 11) is 0. The molecule has 2 aromatic carbocycles. The van der Waals surface area contributed by atoms with Gasteiger partial charge in [0.2, 0.25) is 0 Å². The quantitative estimate of drug-likeness (QED) is 0.894. The highest BCUT2D eigenvalue weighted by Gasteiger charge is 2.16. The molecule has 3 rings (SSSR count). The minimum absolute atomic E-state index is 0.598. The Morgan fingerprint density at radius 1 is 1.15 bits per heavy atom. The lowest BCUT2D eigenvalue weighted by Gasteiger charge is -2.20. The van der Waals surface area contributed by atoms with Crippen LogP contribution in [0.4, 0.5) is 0 Å². The summed E-state index contributed by atoms with van der Waals surface area (Å²) < 4.78 is 6.63. The molecule has 0 bridgehead atoms. The van der Waals surface area contributed by atoms with Gasteiger partial charge < -0.3 is 9.84 Å². The van der Waals surface area contributed by atoms with Gasteiger partial charge in [0.25, 0.3) is 0 Å². The molecule has 1 heterocycles. The Hall–Kier alpha value is -1.32. The molecule has 0 aromatic heterocycles. The summed E-state index contributed by atoms with van der Waals surface area (Å²) in [6.45, 7) is 2.83. The fourth-order valence-electron chi connectivity index (χ4n) is 2.52. The van der Waals surface area contributed by atoms with E-state index in [1.807, 2.05) is 37.3 Å². The fraction of sp³-hybridized carbons (Fsp3) is 0.294. The van der Waals surface area contributed by atoms with Crippen molar-refractivity contribution in [1.82, 2.24) is 0 Å². The largest absolute Gasteiger partial charge is 0.493 e. The molecule has 1 aliphatic heterocycles. The Labute approximate surface area is 127 Å². The van der Waals surface area contributed by atoms with Gasteiger partial charge in [0.15, 0.2) is 0 Å². The summed E-state index contributed by atoms with van der Waals surface area (Å²) in [5, 5.41) is 10.5. The highest BCUT2D eigenvalue weighted by molar-refractivity contribution is 9.10. The van der Waals surface area contributed by atoms with Crippen LogP contribution >= 0.6 is 15.9 Å².